The summed E-state index contributed by atoms with van der Waals surface area (Å²) in [4.78, 5) is 0. The number of rotatable bonds is 1. The van der Waals surface area contributed by atoms with E-state index >= 15 is 0 Å². The Hall–Kier alpha value is -0.440. The van der Waals surface area contributed by atoms with Gasteiger partial charge in [0.2, 0.25) is 0 Å². The Kier molecular flexibility index (Phi) is 1.58. The van der Waals surface area contributed by atoms with Crippen LogP contribution in [-0.2, 0) is 0 Å². The lowest BCUT2D eigenvalue weighted by Gasteiger charge is -1.85. The van der Waals surface area contributed by atoms with Crippen molar-refractivity contribution in [3.05, 3.63) is 11.6 Å². The summed E-state index contributed by atoms with van der Waals surface area (Å²) in [6, 6.07) is 0.509. The lowest BCUT2D eigenvalue weighted by atomic mass is 10.4. The highest BCUT2D eigenvalue weighted by Gasteiger charge is 2.06. The van der Waals surface area contributed by atoms with Gasteiger partial charge in [0.15, 0.2) is 17.6 Å². The fraction of sp³-hybridized carbons (Fsp3) is 0.600. The van der Waals surface area contributed by atoms with E-state index in [1.165, 1.54) is 0 Å². The van der Waals surface area contributed by atoms with E-state index in [0.717, 1.165) is 0 Å². The van der Waals surface area contributed by atoms with Crippen LogP contribution < -0.4 is 4.07 Å². The van der Waals surface area contributed by atoms with Gasteiger partial charge in [0, 0.05) is 18.9 Å². The molecule has 44 valence electrons. The van der Waals surface area contributed by atoms with Crippen LogP contribution in [-0.4, -0.2) is 5.10 Å². The molecule has 0 fully saturated rings. The highest BCUT2D eigenvalue weighted by atomic mass is 32.1. The van der Waals surface area contributed by atoms with Crippen molar-refractivity contribution in [3.63, 3.8) is 0 Å². The number of aromatic nitrogens is 2. The molecule has 0 atom stereocenters. The Morgan fingerprint density at radius 1 is 1.62 bits per heavy atom. The molecule has 0 radical (unpaired) electrons. The number of hydrogen-bond acceptors (Lipinski definition) is 2. The summed E-state index contributed by atoms with van der Waals surface area (Å²) in [6.45, 7) is 4.23. The lowest BCUT2D eigenvalue weighted by molar-refractivity contribution is -0.708. The SMILES string of the molecule is CC(C)[n+]1nccs1. The fourth-order valence-corrected chi connectivity index (χ4v) is 1.05. The summed E-state index contributed by atoms with van der Waals surface area (Å²) < 4.78 is 1.96. The summed E-state index contributed by atoms with van der Waals surface area (Å²) >= 11 is 1.64. The molecule has 0 unspecified atom stereocenters. The van der Waals surface area contributed by atoms with E-state index in [9.17, 15) is 0 Å². The van der Waals surface area contributed by atoms with E-state index < -0.39 is 0 Å². The third-order valence-corrected chi connectivity index (χ3v) is 1.83. The van der Waals surface area contributed by atoms with Gasteiger partial charge in [-0.15, -0.1) is 0 Å². The Morgan fingerprint density at radius 2 is 2.38 bits per heavy atom. The lowest BCUT2D eigenvalue weighted by Crippen LogP contribution is -2.34. The van der Waals surface area contributed by atoms with Crippen LogP contribution in [0.1, 0.15) is 19.9 Å². The molecule has 0 aliphatic heterocycles. The average molecular weight is 129 g/mol. The Bertz CT molecular complexity index is 145. The summed E-state index contributed by atoms with van der Waals surface area (Å²) in [6.07, 6.45) is 1.81. The van der Waals surface area contributed by atoms with Crippen molar-refractivity contribution < 1.29 is 4.07 Å². The maximum absolute atomic E-state index is 4.05. The van der Waals surface area contributed by atoms with Crippen molar-refractivity contribution in [2.24, 2.45) is 0 Å². The van der Waals surface area contributed by atoms with Gasteiger partial charge in [0.1, 0.15) is 6.20 Å². The van der Waals surface area contributed by atoms with E-state index in [1.54, 1.807) is 11.5 Å². The zero-order valence-electron chi connectivity index (χ0n) is 5.03. The molecule has 0 N–H and O–H groups in total. The van der Waals surface area contributed by atoms with Gasteiger partial charge in [-0.3, -0.25) is 0 Å². The molecule has 0 bridgehead atoms. The van der Waals surface area contributed by atoms with Gasteiger partial charge in [-0.1, -0.05) is 0 Å². The highest BCUT2D eigenvalue weighted by molar-refractivity contribution is 6.99. The van der Waals surface area contributed by atoms with Crippen LogP contribution in [0.25, 0.3) is 0 Å². The monoisotopic (exact) mass is 129 g/mol. The first-order valence-corrected chi connectivity index (χ1v) is 3.46. The van der Waals surface area contributed by atoms with Crippen molar-refractivity contribution in [2.75, 3.05) is 0 Å². The first kappa shape index (κ1) is 5.69. The Morgan fingerprint density at radius 3 is 2.62 bits per heavy atom. The minimum Gasteiger partial charge on any atom is -0.0235 e. The van der Waals surface area contributed by atoms with E-state index in [4.69, 9.17) is 0 Å². The maximum Gasteiger partial charge on any atom is 0.193 e. The normalized spacial score (nSPS) is 10.4. The molecule has 8 heavy (non-hydrogen) atoms. The van der Waals surface area contributed by atoms with Gasteiger partial charge in [0.05, 0.1) is 5.38 Å². The van der Waals surface area contributed by atoms with Crippen LogP contribution in [0.15, 0.2) is 11.6 Å². The van der Waals surface area contributed by atoms with Gasteiger partial charge in [-0.25, -0.2) is 0 Å². The first-order valence-electron chi connectivity index (χ1n) is 2.62. The average Bonchev–Trinajstić information content (AvgIpc) is 2.12. The molecule has 0 aromatic carbocycles. The molecule has 1 aromatic rings. The molecule has 0 amide bonds. The Labute approximate surface area is 52.9 Å². The molecule has 0 saturated heterocycles. The summed E-state index contributed by atoms with van der Waals surface area (Å²) in [5.74, 6) is 0. The number of hydrogen-bond donors (Lipinski definition) is 0. The van der Waals surface area contributed by atoms with Crippen LogP contribution >= 0.6 is 11.5 Å². The zero-order valence-corrected chi connectivity index (χ0v) is 5.85. The van der Waals surface area contributed by atoms with Gasteiger partial charge in [-0.05, 0) is 4.07 Å². The second-order valence-corrected chi connectivity index (χ2v) is 2.76. The van der Waals surface area contributed by atoms with Crippen LogP contribution in [0, 0.1) is 0 Å². The van der Waals surface area contributed by atoms with Gasteiger partial charge in [-0.2, -0.15) is 0 Å². The molecule has 0 spiro atoms. The van der Waals surface area contributed by atoms with Crippen molar-refractivity contribution in [3.8, 4) is 0 Å². The summed E-state index contributed by atoms with van der Waals surface area (Å²) in [7, 11) is 0. The molecular weight excluding hydrogens is 120 g/mol. The molecule has 0 saturated carbocycles. The standard InChI is InChI=1S/C5H9N2S/c1-5(2)7-6-3-4-8-7/h3-5H,1-2H3/q+1. The third kappa shape index (κ3) is 1.04. The van der Waals surface area contributed by atoms with Crippen molar-refractivity contribution in [1.29, 1.82) is 0 Å². The van der Waals surface area contributed by atoms with E-state index in [0.29, 0.717) is 6.04 Å². The van der Waals surface area contributed by atoms with E-state index in [-0.39, 0.29) is 0 Å². The number of nitrogens with zero attached hydrogens (tertiary/aromatic N) is 2. The van der Waals surface area contributed by atoms with Gasteiger partial charge < -0.3 is 0 Å². The van der Waals surface area contributed by atoms with Crippen LogP contribution in [0.5, 0.6) is 0 Å². The smallest absolute Gasteiger partial charge is 0.0235 e. The molecule has 0 aliphatic carbocycles. The predicted molar refractivity (Wildman–Crippen MR) is 32.7 cm³/mol. The Balaban J connectivity index is 2.77. The summed E-state index contributed by atoms with van der Waals surface area (Å²) in [5.41, 5.74) is 0. The molecule has 2 nitrogen and oxygen atoms in total. The molecule has 3 heteroatoms. The van der Waals surface area contributed by atoms with Crippen LogP contribution in [0.4, 0.5) is 0 Å². The summed E-state index contributed by atoms with van der Waals surface area (Å²) in [5, 5.41) is 6.02. The molecule has 0 aliphatic rings. The van der Waals surface area contributed by atoms with Crippen molar-refractivity contribution in [1.82, 2.24) is 5.10 Å². The van der Waals surface area contributed by atoms with Gasteiger partial charge >= 0.3 is 0 Å². The molecule has 1 aromatic heterocycles. The van der Waals surface area contributed by atoms with Crippen LogP contribution in [0.3, 0.4) is 0 Å². The zero-order chi connectivity index (χ0) is 5.98. The quantitative estimate of drug-likeness (QED) is 0.517. The highest BCUT2D eigenvalue weighted by Crippen LogP contribution is 1.91. The van der Waals surface area contributed by atoms with E-state index in [1.807, 2.05) is 15.6 Å². The minimum absolute atomic E-state index is 0.509. The molecule has 1 heterocycles. The van der Waals surface area contributed by atoms with Crippen molar-refractivity contribution in [2.45, 2.75) is 19.9 Å². The predicted octanol–water partition coefficient (Wildman–Crippen LogP) is 1.01. The topological polar surface area (TPSA) is 16.8 Å². The molecular formula is C5H9N2S+. The maximum atomic E-state index is 4.05. The van der Waals surface area contributed by atoms with Crippen LogP contribution in [0.2, 0.25) is 0 Å². The minimum atomic E-state index is 0.509. The first-order chi connectivity index (χ1) is 3.80. The third-order valence-electron chi connectivity index (χ3n) is 0.852. The largest absolute Gasteiger partial charge is 0.193 e. The van der Waals surface area contributed by atoms with Crippen molar-refractivity contribution >= 4 is 11.5 Å². The fourth-order valence-electron chi connectivity index (χ4n) is 0.465. The van der Waals surface area contributed by atoms with Gasteiger partial charge in [0.25, 0.3) is 0 Å². The second-order valence-electron chi connectivity index (χ2n) is 1.90. The molecule has 1 rings (SSSR count). The second kappa shape index (κ2) is 2.22. The van der Waals surface area contributed by atoms with E-state index in [2.05, 4.69) is 18.9 Å².